The van der Waals surface area contributed by atoms with Crippen LogP contribution in [0.15, 0.2) is 24.3 Å². The molecule has 0 radical (unpaired) electrons. The lowest BCUT2D eigenvalue weighted by molar-refractivity contribution is -0.0171. The summed E-state index contributed by atoms with van der Waals surface area (Å²) >= 11 is 0. The van der Waals surface area contributed by atoms with Gasteiger partial charge in [0.2, 0.25) is 10.0 Å². The third kappa shape index (κ3) is 3.81. The van der Waals surface area contributed by atoms with E-state index in [4.69, 9.17) is 9.84 Å². The predicted octanol–water partition coefficient (Wildman–Crippen LogP) is 1.32. The van der Waals surface area contributed by atoms with Crippen molar-refractivity contribution in [3.8, 4) is 0 Å². The third-order valence-corrected chi connectivity index (χ3v) is 5.35. The Bertz CT molecular complexity index is 628. The second kappa shape index (κ2) is 6.13. The van der Waals surface area contributed by atoms with Crippen LogP contribution in [0, 0.1) is 0 Å². The van der Waals surface area contributed by atoms with Crippen molar-refractivity contribution < 1.29 is 23.1 Å². The van der Waals surface area contributed by atoms with E-state index in [9.17, 15) is 13.2 Å². The van der Waals surface area contributed by atoms with Gasteiger partial charge in [0.1, 0.15) is 0 Å². The van der Waals surface area contributed by atoms with Crippen molar-refractivity contribution in [2.45, 2.75) is 31.7 Å². The Kier molecular flexibility index (Phi) is 4.65. The number of rotatable bonds is 4. The fourth-order valence-electron chi connectivity index (χ4n) is 2.35. The van der Waals surface area contributed by atoms with E-state index in [1.165, 1.54) is 16.4 Å². The summed E-state index contributed by atoms with van der Waals surface area (Å²) in [6.07, 6.45) is -0.138. The van der Waals surface area contributed by atoms with E-state index < -0.39 is 16.0 Å². The molecule has 6 nitrogen and oxygen atoms in total. The van der Waals surface area contributed by atoms with Gasteiger partial charge in [0.25, 0.3) is 0 Å². The number of carbonyl (C=O) groups is 1. The van der Waals surface area contributed by atoms with E-state index in [0.717, 1.165) is 0 Å². The Morgan fingerprint density at radius 3 is 2.81 bits per heavy atom. The van der Waals surface area contributed by atoms with Crippen LogP contribution in [0.1, 0.15) is 29.8 Å². The first-order chi connectivity index (χ1) is 9.79. The molecule has 0 spiro atoms. The quantitative estimate of drug-likeness (QED) is 0.906. The SMILES string of the molecule is CC1CN(S(=O)(=O)Cc2cccc(C(=O)O)c2)C(C)CO1. The maximum Gasteiger partial charge on any atom is 0.335 e. The number of hydrogen-bond donors (Lipinski definition) is 1. The zero-order valence-corrected chi connectivity index (χ0v) is 12.8. The van der Waals surface area contributed by atoms with Gasteiger partial charge in [0.05, 0.1) is 24.0 Å². The lowest BCUT2D eigenvalue weighted by atomic mass is 10.1. The van der Waals surface area contributed by atoms with Crippen LogP contribution in [-0.4, -0.2) is 49.1 Å². The second-order valence-electron chi connectivity index (χ2n) is 5.32. The first kappa shape index (κ1) is 15.9. The van der Waals surface area contributed by atoms with Crippen molar-refractivity contribution in [1.29, 1.82) is 0 Å². The van der Waals surface area contributed by atoms with Crippen LogP contribution in [0.3, 0.4) is 0 Å². The molecule has 0 saturated carbocycles. The molecule has 1 aromatic rings. The van der Waals surface area contributed by atoms with Gasteiger partial charge in [0.15, 0.2) is 0 Å². The van der Waals surface area contributed by atoms with Gasteiger partial charge in [-0.2, -0.15) is 4.31 Å². The summed E-state index contributed by atoms with van der Waals surface area (Å²) in [7, 11) is -3.50. The molecule has 21 heavy (non-hydrogen) atoms. The number of hydrogen-bond acceptors (Lipinski definition) is 4. The van der Waals surface area contributed by atoms with Crippen LogP contribution < -0.4 is 0 Å². The van der Waals surface area contributed by atoms with Gasteiger partial charge < -0.3 is 9.84 Å². The number of benzene rings is 1. The van der Waals surface area contributed by atoms with Gasteiger partial charge in [-0.15, -0.1) is 0 Å². The molecule has 1 fully saturated rings. The topological polar surface area (TPSA) is 83.9 Å². The number of carboxylic acid groups (broad SMARTS) is 1. The lowest BCUT2D eigenvalue weighted by Crippen LogP contribution is -2.50. The van der Waals surface area contributed by atoms with Crippen molar-refractivity contribution >= 4 is 16.0 Å². The predicted molar refractivity (Wildman–Crippen MR) is 77.6 cm³/mol. The smallest absolute Gasteiger partial charge is 0.335 e. The maximum absolute atomic E-state index is 12.5. The first-order valence-electron chi connectivity index (χ1n) is 6.73. The fourth-order valence-corrected chi connectivity index (χ4v) is 4.16. The van der Waals surface area contributed by atoms with Crippen molar-refractivity contribution in [2.75, 3.05) is 13.2 Å². The Morgan fingerprint density at radius 1 is 1.43 bits per heavy atom. The molecule has 0 aromatic heterocycles. The van der Waals surface area contributed by atoms with Gasteiger partial charge in [-0.25, -0.2) is 13.2 Å². The van der Waals surface area contributed by atoms with E-state index in [2.05, 4.69) is 0 Å². The number of aromatic carboxylic acids is 1. The Hall–Kier alpha value is -1.44. The van der Waals surface area contributed by atoms with Gasteiger partial charge >= 0.3 is 5.97 Å². The molecule has 2 rings (SSSR count). The molecule has 0 aliphatic carbocycles. The molecule has 1 heterocycles. The molecule has 0 amide bonds. The average Bonchev–Trinajstić information content (AvgIpc) is 2.41. The number of morpholine rings is 1. The Morgan fingerprint density at radius 2 is 2.14 bits per heavy atom. The minimum atomic E-state index is -3.50. The van der Waals surface area contributed by atoms with Gasteiger partial charge in [-0.05, 0) is 31.5 Å². The van der Waals surface area contributed by atoms with E-state index in [0.29, 0.717) is 18.7 Å². The highest BCUT2D eigenvalue weighted by atomic mass is 32.2. The van der Waals surface area contributed by atoms with Crippen LogP contribution >= 0.6 is 0 Å². The van der Waals surface area contributed by atoms with Crippen LogP contribution in [0.4, 0.5) is 0 Å². The van der Waals surface area contributed by atoms with Gasteiger partial charge in [-0.3, -0.25) is 0 Å². The molecule has 116 valence electrons. The highest BCUT2D eigenvalue weighted by Gasteiger charge is 2.32. The summed E-state index contributed by atoms with van der Waals surface area (Å²) in [4.78, 5) is 10.9. The summed E-state index contributed by atoms with van der Waals surface area (Å²) in [5, 5.41) is 8.96. The number of nitrogens with zero attached hydrogens (tertiary/aromatic N) is 1. The first-order valence-corrected chi connectivity index (χ1v) is 8.34. The summed E-state index contributed by atoms with van der Waals surface area (Å²) in [5.74, 6) is -1.27. The zero-order chi connectivity index (χ0) is 15.6. The summed E-state index contributed by atoms with van der Waals surface area (Å²) in [5.41, 5.74) is 0.562. The van der Waals surface area contributed by atoms with E-state index in [1.807, 2.05) is 6.92 Å². The third-order valence-electron chi connectivity index (χ3n) is 3.43. The largest absolute Gasteiger partial charge is 0.478 e. The highest BCUT2D eigenvalue weighted by molar-refractivity contribution is 7.88. The standard InChI is InChI=1S/C14H19NO5S/c1-10-8-20-11(2)7-15(10)21(18,19)9-12-4-3-5-13(6-12)14(16)17/h3-6,10-11H,7-9H2,1-2H3,(H,16,17). The van der Waals surface area contributed by atoms with Gasteiger partial charge in [0, 0.05) is 12.6 Å². The van der Waals surface area contributed by atoms with Crippen LogP contribution in [0.2, 0.25) is 0 Å². The molecule has 0 bridgehead atoms. The number of carboxylic acids is 1. The van der Waals surface area contributed by atoms with E-state index in [1.54, 1.807) is 19.1 Å². The van der Waals surface area contributed by atoms with Crippen molar-refractivity contribution in [3.05, 3.63) is 35.4 Å². The zero-order valence-electron chi connectivity index (χ0n) is 12.0. The molecule has 2 unspecified atom stereocenters. The molecule has 2 atom stereocenters. The van der Waals surface area contributed by atoms with Crippen molar-refractivity contribution in [1.82, 2.24) is 4.31 Å². The maximum atomic E-state index is 12.5. The molecule has 1 aliphatic rings. The number of sulfonamides is 1. The van der Waals surface area contributed by atoms with Crippen LogP contribution in [0.5, 0.6) is 0 Å². The molecule has 1 aliphatic heterocycles. The fraction of sp³-hybridized carbons (Fsp3) is 0.500. The van der Waals surface area contributed by atoms with Crippen molar-refractivity contribution in [2.24, 2.45) is 0 Å². The minimum absolute atomic E-state index is 0.0890. The summed E-state index contributed by atoms with van der Waals surface area (Å²) in [6.45, 7) is 4.33. The molecular weight excluding hydrogens is 294 g/mol. The average molecular weight is 313 g/mol. The van der Waals surface area contributed by atoms with Crippen LogP contribution in [0.25, 0.3) is 0 Å². The van der Waals surface area contributed by atoms with Gasteiger partial charge in [-0.1, -0.05) is 12.1 Å². The Balaban J connectivity index is 2.20. The van der Waals surface area contributed by atoms with E-state index in [-0.39, 0.29) is 23.5 Å². The highest BCUT2D eigenvalue weighted by Crippen LogP contribution is 2.19. The second-order valence-corrected chi connectivity index (χ2v) is 7.25. The van der Waals surface area contributed by atoms with E-state index >= 15 is 0 Å². The number of ether oxygens (including phenoxy) is 1. The normalized spacial score (nSPS) is 23.9. The molecule has 1 N–H and O–H groups in total. The summed E-state index contributed by atoms with van der Waals surface area (Å²) < 4.78 is 31.9. The summed E-state index contributed by atoms with van der Waals surface area (Å²) in [6, 6.07) is 5.80. The lowest BCUT2D eigenvalue weighted by Gasteiger charge is -2.35. The molecule has 7 heteroatoms. The molecule has 1 aromatic carbocycles. The minimum Gasteiger partial charge on any atom is -0.478 e. The molecular formula is C14H19NO5S. The monoisotopic (exact) mass is 313 g/mol. The van der Waals surface area contributed by atoms with Crippen LogP contribution in [-0.2, 0) is 20.5 Å². The molecule has 1 saturated heterocycles. The Labute approximate surface area is 124 Å². The van der Waals surface area contributed by atoms with Crippen molar-refractivity contribution in [3.63, 3.8) is 0 Å².